The van der Waals surface area contributed by atoms with Crippen LogP contribution in [-0.2, 0) is 6.61 Å². The number of hydrogen-bond acceptors (Lipinski definition) is 3. The lowest BCUT2D eigenvalue weighted by atomic mass is 10.1. The van der Waals surface area contributed by atoms with Gasteiger partial charge in [-0.1, -0.05) is 53.0 Å². The maximum atomic E-state index is 12.2. The monoisotopic (exact) mass is 664 g/mol. The first-order valence-electron chi connectivity index (χ1n) is 8.79. The smallest absolute Gasteiger partial charge is 0.272 e. The predicted octanol–water partition coefficient (Wildman–Crippen LogP) is 6.85. The number of aryl methyl sites for hydroxylation is 1. The molecule has 0 saturated carbocycles. The van der Waals surface area contributed by atoms with Crippen molar-refractivity contribution >= 4 is 80.5 Å². The minimum Gasteiger partial charge on any atom is -0.487 e. The van der Waals surface area contributed by atoms with E-state index < -0.39 is 5.91 Å². The van der Waals surface area contributed by atoms with Crippen molar-refractivity contribution < 1.29 is 9.53 Å². The van der Waals surface area contributed by atoms with Crippen molar-refractivity contribution in [2.45, 2.75) is 13.5 Å². The summed E-state index contributed by atoms with van der Waals surface area (Å²) < 4.78 is 7.95. The summed E-state index contributed by atoms with van der Waals surface area (Å²) in [5, 5.41) is 4.77. The summed E-state index contributed by atoms with van der Waals surface area (Å²) in [6.07, 6.45) is 1.58. The van der Waals surface area contributed by atoms with E-state index in [1.165, 1.54) is 11.6 Å². The number of halogens is 4. The lowest BCUT2D eigenvalue weighted by molar-refractivity contribution is 0.0955. The molecule has 0 aliphatic carbocycles. The van der Waals surface area contributed by atoms with Gasteiger partial charge in [-0.2, -0.15) is 5.10 Å². The number of carbonyl (C=O) groups excluding carboxylic acids is 1. The highest BCUT2D eigenvalue weighted by Crippen LogP contribution is 2.29. The first kappa shape index (κ1) is 23.3. The third kappa shape index (κ3) is 6.32. The average Bonchev–Trinajstić information content (AvgIpc) is 2.67. The van der Waals surface area contributed by atoms with Crippen LogP contribution in [0.25, 0.3) is 0 Å². The molecule has 0 heterocycles. The Kier molecular flexibility index (Phi) is 8.38. The first-order valence-corrected chi connectivity index (χ1v) is 11.7. The van der Waals surface area contributed by atoms with Crippen LogP contribution in [0.4, 0.5) is 0 Å². The Morgan fingerprint density at radius 2 is 1.83 bits per heavy atom. The van der Waals surface area contributed by atoms with E-state index >= 15 is 0 Å². The molecule has 1 N–H and O–H groups in total. The summed E-state index contributed by atoms with van der Waals surface area (Å²) in [6, 6.07) is 16.8. The number of amides is 1. The highest BCUT2D eigenvalue weighted by atomic mass is 127. The molecular weight excluding hydrogens is 649 g/mol. The zero-order valence-corrected chi connectivity index (χ0v) is 21.6. The summed E-state index contributed by atoms with van der Waals surface area (Å²) in [7, 11) is 0. The molecule has 0 atom stereocenters. The van der Waals surface area contributed by atoms with Crippen LogP contribution >= 0.6 is 68.4 Å². The summed E-state index contributed by atoms with van der Waals surface area (Å²) in [5.74, 6) is 0.419. The number of carbonyl (C=O) groups is 1. The highest BCUT2D eigenvalue weighted by Gasteiger charge is 2.11. The van der Waals surface area contributed by atoms with Crippen LogP contribution in [0.1, 0.15) is 27.0 Å². The number of nitrogens with one attached hydrogen (secondary N) is 1. The van der Waals surface area contributed by atoms with Crippen molar-refractivity contribution in [2.24, 2.45) is 5.10 Å². The van der Waals surface area contributed by atoms with Crippen LogP contribution in [0, 0.1) is 14.1 Å². The fourth-order valence-corrected chi connectivity index (χ4v) is 5.27. The van der Waals surface area contributed by atoms with E-state index in [1.807, 2.05) is 24.3 Å². The molecule has 0 fully saturated rings. The first-order chi connectivity index (χ1) is 14.3. The van der Waals surface area contributed by atoms with Gasteiger partial charge in [0.15, 0.2) is 0 Å². The average molecular weight is 665 g/mol. The second-order valence-corrected chi connectivity index (χ2v) is 9.58. The maximum absolute atomic E-state index is 12.2. The molecule has 0 aliphatic heterocycles. The second-order valence-electron chi connectivity index (χ2n) is 6.41. The van der Waals surface area contributed by atoms with E-state index in [1.54, 1.807) is 18.3 Å². The molecule has 0 unspecified atom stereocenters. The molecular formula is C22H16Cl2I2N2O2. The van der Waals surface area contributed by atoms with E-state index in [-0.39, 0.29) is 5.02 Å². The molecule has 0 aromatic heterocycles. The third-order valence-corrected chi connectivity index (χ3v) is 6.19. The van der Waals surface area contributed by atoms with Crippen molar-refractivity contribution in [3.05, 3.63) is 94.0 Å². The molecule has 0 aliphatic rings. The van der Waals surface area contributed by atoms with Crippen molar-refractivity contribution in [1.29, 1.82) is 0 Å². The minimum atomic E-state index is -0.407. The van der Waals surface area contributed by atoms with E-state index in [2.05, 4.69) is 74.8 Å². The summed E-state index contributed by atoms with van der Waals surface area (Å²) >= 11 is 16.4. The fraction of sp³-hybridized carbons (Fsp3) is 0.0909. The van der Waals surface area contributed by atoms with Gasteiger partial charge in [-0.3, -0.25) is 4.79 Å². The lowest BCUT2D eigenvalue weighted by Gasteiger charge is -2.12. The van der Waals surface area contributed by atoms with Crippen molar-refractivity contribution in [3.63, 3.8) is 0 Å². The molecule has 30 heavy (non-hydrogen) atoms. The summed E-state index contributed by atoms with van der Waals surface area (Å²) in [6.45, 7) is 2.56. The number of hydrazone groups is 1. The fourth-order valence-electron chi connectivity index (χ4n) is 2.65. The quantitative estimate of drug-likeness (QED) is 0.178. The van der Waals surface area contributed by atoms with Gasteiger partial charge in [-0.15, -0.1) is 0 Å². The topological polar surface area (TPSA) is 50.7 Å². The van der Waals surface area contributed by atoms with Gasteiger partial charge in [0.1, 0.15) is 12.4 Å². The molecule has 0 spiro atoms. The molecule has 4 nitrogen and oxygen atoms in total. The Labute approximate surface area is 212 Å². The standard InChI is InChI=1S/C22H16Cl2I2N2O2/c1-13-3-2-4-14(7-13)12-30-21-19(25)8-15(9-20(21)26)11-27-28-22(29)17-6-5-16(23)10-18(17)24/h2-11H,12H2,1H3,(H,28,29)/b27-11-. The van der Waals surface area contributed by atoms with Crippen molar-refractivity contribution in [2.75, 3.05) is 0 Å². The minimum absolute atomic E-state index is 0.273. The van der Waals surface area contributed by atoms with Gasteiger partial charge < -0.3 is 4.74 Å². The molecule has 3 rings (SSSR count). The molecule has 0 saturated heterocycles. The molecule has 0 bridgehead atoms. The zero-order chi connectivity index (χ0) is 21.7. The largest absolute Gasteiger partial charge is 0.487 e. The van der Waals surface area contributed by atoms with Crippen LogP contribution in [0.2, 0.25) is 10.0 Å². The van der Waals surface area contributed by atoms with Crippen molar-refractivity contribution in [1.82, 2.24) is 5.43 Å². The Morgan fingerprint density at radius 1 is 1.10 bits per heavy atom. The van der Waals surface area contributed by atoms with Gasteiger partial charge in [-0.25, -0.2) is 5.43 Å². The SMILES string of the molecule is Cc1cccc(COc2c(I)cc(/C=N\NC(=O)c3ccc(Cl)cc3Cl)cc2I)c1. The summed E-state index contributed by atoms with van der Waals surface area (Å²) in [5.41, 5.74) is 5.95. The molecule has 154 valence electrons. The Morgan fingerprint density at radius 3 is 2.50 bits per heavy atom. The Bertz CT molecular complexity index is 1100. The number of rotatable bonds is 6. The van der Waals surface area contributed by atoms with Gasteiger partial charge in [0, 0.05) is 5.02 Å². The van der Waals surface area contributed by atoms with Gasteiger partial charge in [0.25, 0.3) is 5.91 Å². The van der Waals surface area contributed by atoms with Gasteiger partial charge in [0.05, 0.1) is 23.9 Å². The Balaban J connectivity index is 1.66. The van der Waals surface area contributed by atoms with E-state index in [0.717, 1.165) is 24.0 Å². The van der Waals surface area contributed by atoms with Crippen LogP contribution in [-0.4, -0.2) is 12.1 Å². The molecule has 3 aromatic carbocycles. The maximum Gasteiger partial charge on any atom is 0.272 e. The predicted molar refractivity (Wildman–Crippen MR) is 139 cm³/mol. The highest BCUT2D eigenvalue weighted by molar-refractivity contribution is 14.1. The zero-order valence-electron chi connectivity index (χ0n) is 15.8. The van der Waals surface area contributed by atoms with Crippen LogP contribution in [0.3, 0.4) is 0 Å². The summed E-state index contributed by atoms with van der Waals surface area (Å²) in [4.78, 5) is 12.2. The third-order valence-electron chi connectivity index (χ3n) is 4.04. The number of ether oxygens (including phenoxy) is 1. The molecule has 8 heteroatoms. The van der Waals surface area contributed by atoms with E-state index in [4.69, 9.17) is 27.9 Å². The van der Waals surface area contributed by atoms with Crippen LogP contribution < -0.4 is 10.2 Å². The van der Waals surface area contributed by atoms with Crippen molar-refractivity contribution in [3.8, 4) is 5.75 Å². The number of hydrogen-bond donors (Lipinski definition) is 1. The number of nitrogens with zero attached hydrogens (tertiary/aromatic N) is 1. The van der Waals surface area contributed by atoms with Crippen LogP contribution in [0.15, 0.2) is 59.7 Å². The molecule has 3 aromatic rings. The Hall–Kier alpha value is -1.36. The molecule has 0 radical (unpaired) electrons. The lowest BCUT2D eigenvalue weighted by Crippen LogP contribution is -2.18. The normalized spacial score (nSPS) is 11.0. The van der Waals surface area contributed by atoms with E-state index in [0.29, 0.717) is 17.2 Å². The van der Waals surface area contributed by atoms with Crippen LogP contribution in [0.5, 0.6) is 5.75 Å². The molecule has 1 amide bonds. The van der Waals surface area contributed by atoms with E-state index in [9.17, 15) is 4.79 Å². The number of benzene rings is 3. The van der Waals surface area contributed by atoms with Gasteiger partial charge in [-0.05, 0) is 93.6 Å². The van der Waals surface area contributed by atoms with Gasteiger partial charge >= 0.3 is 0 Å². The second kappa shape index (κ2) is 10.8. The van der Waals surface area contributed by atoms with Gasteiger partial charge in [0.2, 0.25) is 0 Å².